The minimum Gasteiger partial charge on any atom is -0.491 e. The molecule has 0 fully saturated rings. The zero-order valence-corrected chi connectivity index (χ0v) is 13.0. The SMILES string of the molecule is CC(C)Oc1cccc(C(N)Cc2cn3ccsc3n2)c1. The van der Waals surface area contributed by atoms with Crippen molar-refractivity contribution in [2.45, 2.75) is 32.4 Å². The molecule has 21 heavy (non-hydrogen) atoms. The molecular weight excluding hydrogens is 282 g/mol. The van der Waals surface area contributed by atoms with Gasteiger partial charge < -0.3 is 10.5 Å². The highest BCUT2D eigenvalue weighted by molar-refractivity contribution is 7.15. The van der Waals surface area contributed by atoms with Gasteiger partial charge in [0.1, 0.15) is 5.75 Å². The van der Waals surface area contributed by atoms with Crippen molar-refractivity contribution in [1.82, 2.24) is 9.38 Å². The standard InChI is InChI=1S/C16H19N3OS/c1-11(2)20-14-5-3-4-12(8-14)15(17)9-13-10-19-6-7-21-16(19)18-13/h3-8,10-11,15H,9,17H2,1-2H3. The highest BCUT2D eigenvalue weighted by atomic mass is 32.1. The number of aromatic nitrogens is 2. The Labute approximate surface area is 128 Å². The van der Waals surface area contributed by atoms with Crippen LogP contribution in [0.2, 0.25) is 0 Å². The van der Waals surface area contributed by atoms with Crippen LogP contribution in [0.3, 0.4) is 0 Å². The number of benzene rings is 1. The topological polar surface area (TPSA) is 52.5 Å². The highest BCUT2D eigenvalue weighted by Gasteiger charge is 2.11. The molecule has 110 valence electrons. The predicted molar refractivity (Wildman–Crippen MR) is 85.9 cm³/mol. The maximum atomic E-state index is 6.32. The molecular formula is C16H19N3OS. The van der Waals surface area contributed by atoms with Crippen molar-refractivity contribution in [3.63, 3.8) is 0 Å². The van der Waals surface area contributed by atoms with E-state index in [0.29, 0.717) is 0 Å². The minimum absolute atomic E-state index is 0.0784. The molecule has 5 heteroatoms. The molecule has 4 nitrogen and oxygen atoms in total. The molecule has 2 N–H and O–H groups in total. The van der Waals surface area contributed by atoms with Crippen LogP contribution in [0.1, 0.15) is 31.1 Å². The molecule has 0 bridgehead atoms. The van der Waals surface area contributed by atoms with Crippen molar-refractivity contribution in [3.05, 3.63) is 53.3 Å². The first kappa shape index (κ1) is 14.1. The molecule has 0 aliphatic heterocycles. The Balaban J connectivity index is 1.75. The van der Waals surface area contributed by atoms with E-state index in [9.17, 15) is 0 Å². The van der Waals surface area contributed by atoms with Crippen LogP contribution >= 0.6 is 11.3 Å². The Kier molecular flexibility index (Phi) is 3.94. The lowest BCUT2D eigenvalue weighted by Gasteiger charge is -2.14. The average Bonchev–Trinajstić information content (AvgIpc) is 2.99. The van der Waals surface area contributed by atoms with Crippen molar-refractivity contribution >= 4 is 16.3 Å². The van der Waals surface area contributed by atoms with E-state index in [1.165, 1.54) is 0 Å². The summed E-state index contributed by atoms with van der Waals surface area (Å²) >= 11 is 1.63. The highest BCUT2D eigenvalue weighted by Crippen LogP contribution is 2.22. The first-order chi connectivity index (χ1) is 10.1. The number of rotatable bonds is 5. The Morgan fingerprint density at radius 1 is 1.38 bits per heavy atom. The smallest absolute Gasteiger partial charge is 0.193 e. The van der Waals surface area contributed by atoms with Crippen LogP contribution in [0, 0.1) is 0 Å². The first-order valence-corrected chi connectivity index (χ1v) is 7.93. The van der Waals surface area contributed by atoms with Gasteiger partial charge in [0.25, 0.3) is 0 Å². The van der Waals surface area contributed by atoms with Gasteiger partial charge in [-0.25, -0.2) is 4.98 Å². The largest absolute Gasteiger partial charge is 0.491 e. The van der Waals surface area contributed by atoms with Gasteiger partial charge >= 0.3 is 0 Å². The van der Waals surface area contributed by atoms with E-state index in [4.69, 9.17) is 10.5 Å². The second-order valence-electron chi connectivity index (χ2n) is 5.37. The second-order valence-corrected chi connectivity index (χ2v) is 6.25. The van der Waals surface area contributed by atoms with Crippen LogP contribution in [0.25, 0.3) is 4.96 Å². The van der Waals surface area contributed by atoms with Gasteiger partial charge in [-0.3, -0.25) is 4.40 Å². The fraction of sp³-hybridized carbons (Fsp3) is 0.312. The van der Waals surface area contributed by atoms with Crippen LogP contribution < -0.4 is 10.5 Å². The Hall–Kier alpha value is -1.85. The maximum Gasteiger partial charge on any atom is 0.193 e. The summed E-state index contributed by atoms with van der Waals surface area (Å²) in [6.45, 7) is 4.04. The zero-order valence-electron chi connectivity index (χ0n) is 12.2. The molecule has 2 aromatic heterocycles. The number of ether oxygens (including phenoxy) is 1. The molecule has 1 unspecified atom stereocenters. The Bertz CT molecular complexity index is 703. The molecule has 3 aromatic rings. The van der Waals surface area contributed by atoms with E-state index < -0.39 is 0 Å². The van der Waals surface area contributed by atoms with Crippen molar-refractivity contribution in [1.29, 1.82) is 0 Å². The van der Waals surface area contributed by atoms with Gasteiger partial charge in [0.05, 0.1) is 11.8 Å². The number of imidazole rings is 1. The third kappa shape index (κ3) is 3.25. The van der Waals surface area contributed by atoms with E-state index in [1.807, 2.05) is 60.3 Å². The van der Waals surface area contributed by atoms with Gasteiger partial charge in [-0.2, -0.15) is 0 Å². The number of hydrogen-bond donors (Lipinski definition) is 1. The molecule has 0 spiro atoms. The summed E-state index contributed by atoms with van der Waals surface area (Å²) in [5.74, 6) is 0.865. The number of fused-ring (bicyclic) bond motifs is 1. The molecule has 0 saturated heterocycles. The van der Waals surface area contributed by atoms with Crippen LogP contribution in [-0.2, 0) is 6.42 Å². The predicted octanol–water partition coefficient (Wildman–Crippen LogP) is 3.43. The number of nitrogens with zero attached hydrogens (tertiary/aromatic N) is 2. The number of thiazole rings is 1. The summed E-state index contributed by atoms with van der Waals surface area (Å²) in [6, 6.07) is 7.92. The van der Waals surface area contributed by atoms with E-state index in [-0.39, 0.29) is 12.1 Å². The maximum absolute atomic E-state index is 6.32. The lowest BCUT2D eigenvalue weighted by molar-refractivity contribution is 0.242. The normalized spacial score (nSPS) is 13.0. The van der Waals surface area contributed by atoms with Gasteiger partial charge in [-0.15, -0.1) is 11.3 Å². The molecule has 0 radical (unpaired) electrons. The van der Waals surface area contributed by atoms with Crippen LogP contribution in [-0.4, -0.2) is 15.5 Å². The average molecular weight is 301 g/mol. The molecule has 0 aliphatic carbocycles. The van der Waals surface area contributed by atoms with Crippen LogP contribution in [0.5, 0.6) is 5.75 Å². The Morgan fingerprint density at radius 2 is 2.24 bits per heavy atom. The van der Waals surface area contributed by atoms with E-state index in [2.05, 4.69) is 4.98 Å². The summed E-state index contributed by atoms with van der Waals surface area (Å²) < 4.78 is 7.75. The molecule has 2 heterocycles. The molecule has 1 aromatic carbocycles. The lowest BCUT2D eigenvalue weighted by Crippen LogP contribution is -2.14. The third-order valence-electron chi connectivity index (χ3n) is 3.23. The fourth-order valence-electron chi connectivity index (χ4n) is 2.31. The van der Waals surface area contributed by atoms with Crippen molar-refractivity contribution in [2.24, 2.45) is 5.73 Å². The minimum atomic E-state index is -0.0784. The van der Waals surface area contributed by atoms with E-state index in [1.54, 1.807) is 11.3 Å². The van der Waals surface area contributed by atoms with Crippen molar-refractivity contribution in [3.8, 4) is 5.75 Å². The van der Waals surface area contributed by atoms with Gasteiger partial charge in [0, 0.05) is 30.2 Å². The summed E-state index contributed by atoms with van der Waals surface area (Å²) in [7, 11) is 0. The summed E-state index contributed by atoms with van der Waals surface area (Å²) in [5, 5.41) is 2.03. The summed E-state index contributed by atoms with van der Waals surface area (Å²) in [4.78, 5) is 5.59. The molecule has 0 aliphatic rings. The third-order valence-corrected chi connectivity index (χ3v) is 4.00. The summed E-state index contributed by atoms with van der Waals surface area (Å²) in [6.07, 6.45) is 4.94. The molecule has 0 amide bonds. The monoisotopic (exact) mass is 301 g/mol. The molecule has 1 atom stereocenters. The quantitative estimate of drug-likeness (QED) is 0.785. The number of nitrogens with two attached hydrogens (primary N) is 1. The van der Waals surface area contributed by atoms with Gasteiger partial charge in [0.15, 0.2) is 4.96 Å². The van der Waals surface area contributed by atoms with E-state index >= 15 is 0 Å². The van der Waals surface area contributed by atoms with Crippen molar-refractivity contribution in [2.75, 3.05) is 0 Å². The summed E-state index contributed by atoms with van der Waals surface area (Å²) in [5.41, 5.74) is 8.41. The van der Waals surface area contributed by atoms with Gasteiger partial charge in [0.2, 0.25) is 0 Å². The second kappa shape index (κ2) is 5.87. The van der Waals surface area contributed by atoms with Gasteiger partial charge in [-0.1, -0.05) is 12.1 Å². The van der Waals surface area contributed by atoms with Crippen LogP contribution in [0.4, 0.5) is 0 Å². The van der Waals surface area contributed by atoms with Crippen molar-refractivity contribution < 1.29 is 4.74 Å². The molecule has 0 saturated carbocycles. The van der Waals surface area contributed by atoms with Gasteiger partial charge in [-0.05, 0) is 31.5 Å². The fourth-order valence-corrected chi connectivity index (χ4v) is 3.03. The number of hydrogen-bond acceptors (Lipinski definition) is 4. The Morgan fingerprint density at radius 3 is 3.00 bits per heavy atom. The lowest BCUT2D eigenvalue weighted by atomic mass is 10.0. The molecule has 3 rings (SSSR count). The zero-order chi connectivity index (χ0) is 14.8. The van der Waals surface area contributed by atoms with Crippen LogP contribution in [0.15, 0.2) is 42.0 Å². The van der Waals surface area contributed by atoms with E-state index in [0.717, 1.165) is 28.4 Å². The first-order valence-electron chi connectivity index (χ1n) is 7.05.